The normalized spacial score (nSPS) is 9.60. The molecule has 1 aromatic rings. The van der Waals surface area contributed by atoms with Gasteiger partial charge < -0.3 is 34.6 Å². The lowest BCUT2D eigenvalue weighted by atomic mass is 10.1. The van der Waals surface area contributed by atoms with Crippen molar-refractivity contribution in [2.24, 2.45) is 0 Å². The number of imidazole rings is 1. The number of terminal acetylenes is 1. The van der Waals surface area contributed by atoms with Crippen LogP contribution in [0.25, 0.3) is 6.20 Å². The zero-order valence-electron chi connectivity index (χ0n) is 18.1. The van der Waals surface area contributed by atoms with Crippen LogP contribution in [0.5, 0.6) is 0 Å². The molecule has 1 N–H and O–H groups in total. The molecule has 30 heavy (non-hydrogen) atoms. The van der Waals surface area contributed by atoms with Gasteiger partial charge in [0.1, 0.15) is 18.9 Å². The number of nitrogens with zero attached hydrogens (tertiary/aromatic N) is 3. The maximum absolute atomic E-state index is 11.2. The van der Waals surface area contributed by atoms with Crippen LogP contribution in [0.2, 0.25) is 0 Å². The topological polar surface area (TPSA) is 72.1 Å². The molecule has 0 aliphatic heterocycles. The van der Waals surface area contributed by atoms with Gasteiger partial charge in [-0.1, -0.05) is 13.2 Å². The van der Waals surface area contributed by atoms with Crippen molar-refractivity contribution in [2.75, 3.05) is 33.7 Å². The van der Waals surface area contributed by atoms with Gasteiger partial charge in [-0.25, -0.2) is 9.13 Å². The number of ketones is 2. The molecule has 0 aliphatic carbocycles. The Labute approximate surface area is 192 Å². The minimum Gasteiger partial charge on any atom is -1.00 e. The molecule has 7 nitrogen and oxygen atoms in total. The average Bonchev–Trinajstić information content (AvgIpc) is 3.06. The molecule has 1 rings (SSSR count). The summed E-state index contributed by atoms with van der Waals surface area (Å²) in [6.45, 7) is 12.1. The van der Waals surface area contributed by atoms with Crippen LogP contribution in [0.1, 0.15) is 26.3 Å². The van der Waals surface area contributed by atoms with E-state index in [1.54, 1.807) is 34.1 Å². The van der Waals surface area contributed by atoms with Gasteiger partial charge >= 0.3 is 0 Å². The first-order valence-electron chi connectivity index (χ1n) is 8.95. The Morgan fingerprint density at radius 2 is 1.80 bits per heavy atom. The van der Waals surface area contributed by atoms with E-state index in [9.17, 15) is 14.4 Å². The average molecular weight is 459 g/mol. The molecule has 0 unspecified atom stereocenters. The van der Waals surface area contributed by atoms with E-state index in [1.807, 2.05) is 0 Å². The van der Waals surface area contributed by atoms with Gasteiger partial charge in [0.2, 0.25) is 18.3 Å². The number of carbonyl (C=O) groups excluding carboxylic acids is 3. The third-order valence-electron chi connectivity index (χ3n) is 3.90. The van der Waals surface area contributed by atoms with Crippen molar-refractivity contribution in [3.05, 3.63) is 38.0 Å². The predicted molar refractivity (Wildman–Crippen MR) is 110 cm³/mol. The van der Waals surface area contributed by atoms with Gasteiger partial charge in [0.15, 0.2) is 11.6 Å². The smallest absolute Gasteiger partial charge is 0.249 e. The predicted octanol–water partition coefficient (Wildman–Crippen LogP) is -5.01. The molecule has 0 saturated heterocycles. The summed E-state index contributed by atoms with van der Waals surface area (Å²) in [7, 11) is 4.16. The SMILES string of the molecule is C#CC[N+](C)(C)CCCNC(=O)C=C.C=Cn1cc[n+](C(C(C)=O)C(C)=O)c1.[Cl-].[Cl-]. The molecule has 9 heteroatoms. The van der Waals surface area contributed by atoms with Gasteiger partial charge in [-0.2, -0.15) is 0 Å². The summed E-state index contributed by atoms with van der Waals surface area (Å²) in [6.07, 6.45) is 14.1. The molecule has 0 saturated carbocycles. The van der Waals surface area contributed by atoms with Crippen LogP contribution in [0.15, 0.2) is 38.0 Å². The molecule has 0 fully saturated rings. The van der Waals surface area contributed by atoms with Crippen molar-refractivity contribution < 1.29 is 48.2 Å². The van der Waals surface area contributed by atoms with E-state index in [1.165, 1.54) is 19.9 Å². The maximum Gasteiger partial charge on any atom is 0.249 e. The second-order valence-corrected chi connectivity index (χ2v) is 6.98. The van der Waals surface area contributed by atoms with Crippen molar-refractivity contribution >= 4 is 23.7 Å². The summed E-state index contributed by atoms with van der Waals surface area (Å²) in [4.78, 5) is 33.2. The highest BCUT2D eigenvalue weighted by Crippen LogP contribution is 2.00. The van der Waals surface area contributed by atoms with Gasteiger partial charge in [0, 0.05) is 13.0 Å². The van der Waals surface area contributed by atoms with Gasteiger partial charge in [-0.3, -0.25) is 14.4 Å². The fourth-order valence-corrected chi connectivity index (χ4v) is 2.47. The summed E-state index contributed by atoms with van der Waals surface area (Å²) in [5.41, 5.74) is 0. The fraction of sp³-hybridized carbons (Fsp3) is 0.429. The molecule has 1 aromatic heterocycles. The van der Waals surface area contributed by atoms with Crippen LogP contribution >= 0.6 is 0 Å². The number of halogens is 2. The van der Waals surface area contributed by atoms with Gasteiger partial charge in [0.05, 0.1) is 26.8 Å². The molecule has 1 heterocycles. The summed E-state index contributed by atoms with van der Waals surface area (Å²) in [5, 5.41) is 2.73. The Hall–Kier alpha value is -2.40. The number of hydrogen-bond acceptors (Lipinski definition) is 3. The second kappa shape index (κ2) is 16.4. The Bertz CT molecular complexity index is 738. The van der Waals surface area contributed by atoms with E-state index in [2.05, 4.69) is 38.5 Å². The molecular weight excluding hydrogens is 427 g/mol. The van der Waals surface area contributed by atoms with Crippen LogP contribution in [0, 0.1) is 12.3 Å². The molecule has 0 radical (unpaired) electrons. The Morgan fingerprint density at radius 3 is 2.20 bits per heavy atom. The zero-order chi connectivity index (χ0) is 21.7. The fourth-order valence-electron chi connectivity index (χ4n) is 2.47. The highest BCUT2D eigenvalue weighted by Gasteiger charge is 2.26. The first-order chi connectivity index (χ1) is 13.1. The molecule has 1 amide bonds. The third-order valence-corrected chi connectivity index (χ3v) is 3.90. The quantitative estimate of drug-likeness (QED) is 0.0952. The number of carbonyl (C=O) groups is 3. The second-order valence-electron chi connectivity index (χ2n) is 6.98. The van der Waals surface area contributed by atoms with Gasteiger partial charge in [-0.05, 0) is 25.8 Å². The number of nitrogens with one attached hydrogen (secondary N) is 1. The maximum atomic E-state index is 11.2. The van der Waals surface area contributed by atoms with E-state index in [4.69, 9.17) is 6.42 Å². The number of aromatic nitrogens is 2. The van der Waals surface area contributed by atoms with Crippen molar-refractivity contribution in [3.8, 4) is 12.3 Å². The first kappa shape index (κ1) is 32.3. The Kier molecular flexibility index (Phi) is 17.6. The van der Waals surface area contributed by atoms with Crippen molar-refractivity contribution in [1.82, 2.24) is 9.88 Å². The van der Waals surface area contributed by atoms with E-state index in [0.29, 0.717) is 6.54 Å². The standard InChI is InChI=1S/C11H18N2O.C10H13N2O2.2ClH/c1-5-9-13(3,4)10-7-8-12-11(14)6-2;1-4-11-5-6-12(7-11)10(8(2)13)9(3)14;;/h1,6H,2,7-10H2,3-4H3;4-7,10H,1H2,2-3H3;2*1H/q;+1;;/p-1. The third kappa shape index (κ3) is 12.9. The molecule has 0 bridgehead atoms. The van der Waals surface area contributed by atoms with Gasteiger partial charge in [0.25, 0.3) is 0 Å². The van der Waals surface area contributed by atoms with Crippen molar-refractivity contribution in [3.63, 3.8) is 0 Å². The molecule has 0 aromatic carbocycles. The lowest BCUT2D eigenvalue weighted by molar-refractivity contribution is -0.883. The van der Waals surface area contributed by atoms with Crippen molar-refractivity contribution in [1.29, 1.82) is 0 Å². The minimum atomic E-state index is -0.712. The van der Waals surface area contributed by atoms with Crippen LogP contribution in [0.4, 0.5) is 0 Å². The summed E-state index contributed by atoms with van der Waals surface area (Å²) in [5.74, 6) is 2.19. The van der Waals surface area contributed by atoms with Crippen LogP contribution in [-0.2, 0) is 14.4 Å². The summed E-state index contributed by atoms with van der Waals surface area (Å²) >= 11 is 0. The van der Waals surface area contributed by atoms with E-state index >= 15 is 0 Å². The highest BCUT2D eigenvalue weighted by atomic mass is 35.5. The van der Waals surface area contributed by atoms with Crippen molar-refractivity contribution in [2.45, 2.75) is 26.3 Å². The van der Waals surface area contributed by atoms with E-state index in [-0.39, 0.29) is 42.3 Å². The number of Topliss-reactive ketones (excluding diaryl/α,β-unsaturated/α-hetero) is 2. The van der Waals surface area contributed by atoms with E-state index < -0.39 is 6.04 Å². The zero-order valence-corrected chi connectivity index (χ0v) is 19.6. The Balaban J connectivity index is -0.000000456. The monoisotopic (exact) mass is 458 g/mol. The van der Waals surface area contributed by atoms with E-state index in [0.717, 1.165) is 24.0 Å². The number of rotatable bonds is 10. The largest absolute Gasteiger partial charge is 1.00 e. The number of quaternary nitrogens is 1. The van der Waals surface area contributed by atoms with Crippen LogP contribution < -0.4 is 34.7 Å². The summed E-state index contributed by atoms with van der Waals surface area (Å²) in [6, 6.07) is -0.712. The lowest BCUT2D eigenvalue weighted by Crippen LogP contribution is -3.00. The van der Waals surface area contributed by atoms with Gasteiger partial charge in [-0.15, -0.1) is 6.42 Å². The molecule has 0 spiro atoms. The number of hydrogen-bond donors (Lipinski definition) is 1. The molecule has 168 valence electrons. The highest BCUT2D eigenvalue weighted by molar-refractivity contribution is 6.00. The molecular formula is C21H32Cl2N4O3. The van der Waals surface area contributed by atoms with Crippen LogP contribution in [0.3, 0.4) is 0 Å². The summed E-state index contributed by atoms with van der Waals surface area (Å²) < 4.78 is 4.05. The van der Waals surface area contributed by atoms with Crippen LogP contribution in [-0.4, -0.2) is 60.3 Å². The number of amides is 1. The first-order valence-corrected chi connectivity index (χ1v) is 8.95. The molecule has 0 aliphatic rings. The molecule has 0 atom stereocenters. The minimum absolute atomic E-state index is 0. The Morgan fingerprint density at radius 1 is 1.23 bits per heavy atom. The lowest BCUT2D eigenvalue weighted by Gasteiger charge is -2.27.